The number of benzene rings is 2. The molecule has 210 valence electrons. The van der Waals surface area contributed by atoms with Gasteiger partial charge in [0.1, 0.15) is 0 Å². The number of likely N-dealkylation sites (tertiary alicyclic amines) is 1. The Kier molecular flexibility index (Phi) is 14.9. The van der Waals surface area contributed by atoms with Crippen LogP contribution in [0.3, 0.4) is 0 Å². The van der Waals surface area contributed by atoms with Crippen molar-refractivity contribution >= 4 is 23.4 Å². The van der Waals surface area contributed by atoms with E-state index in [0.29, 0.717) is 12.0 Å². The van der Waals surface area contributed by atoms with Gasteiger partial charge in [0.05, 0.1) is 11.6 Å². The molecular formula is C34H48N4S. The van der Waals surface area contributed by atoms with Gasteiger partial charge in [-0.15, -0.1) is 18.3 Å². The molecule has 5 heteroatoms. The minimum Gasteiger partial charge on any atom is -0.306 e. The minimum absolute atomic E-state index is 0.377. The molecule has 0 aromatic heterocycles. The maximum absolute atomic E-state index is 9.58. The third-order valence-electron chi connectivity index (χ3n) is 6.90. The first-order chi connectivity index (χ1) is 19.0. The summed E-state index contributed by atoms with van der Waals surface area (Å²) in [5.74, 6) is 1.32. The van der Waals surface area contributed by atoms with Gasteiger partial charge in [0.15, 0.2) is 0 Å². The largest absolute Gasteiger partial charge is 0.306 e. The van der Waals surface area contributed by atoms with Crippen LogP contribution in [0, 0.1) is 17.2 Å². The lowest BCUT2D eigenvalue weighted by atomic mass is 9.97. The molecule has 2 aromatic carbocycles. The van der Waals surface area contributed by atoms with E-state index < -0.39 is 0 Å². The lowest BCUT2D eigenvalue weighted by molar-refractivity contribution is 0.418. The first-order valence-corrected chi connectivity index (χ1v) is 15.4. The van der Waals surface area contributed by atoms with E-state index in [0.717, 1.165) is 53.2 Å². The number of nitriles is 1. The van der Waals surface area contributed by atoms with Gasteiger partial charge in [-0.05, 0) is 98.8 Å². The van der Waals surface area contributed by atoms with Crippen molar-refractivity contribution in [3.8, 4) is 6.07 Å². The fourth-order valence-electron chi connectivity index (χ4n) is 5.06. The Labute approximate surface area is 242 Å². The molecule has 4 nitrogen and oxygen atoms in total. The fraction of sp³-hybridized carbons (Fsp3) is 0.471. The van der Waals surface area contributed by atoms with E-state index in [1.165, 1.54) is 42.6 Å². The van der Waals surface area contributed by atoms with E-state index in [9.17, 15) is 5.26 Å². The summed E-state index contributed by atoms with van der Waals surface area (Å²) in [6.45, 7) is 19.3. The molecule has 1 fully saturated rings. The van der Waals surface area contributed by atoms with Crippen LogP contribution in [0.25, 0.3) is 4.91 Å². The monoisotopic (exact) mass is 544 g/mol. The number of hydrogen-bond donors (Lipinski definition) is 1. The zero-order valence-corrected chi connectivity index (χ0v) is 25.6. The number of fused-ring (bicyclic) bond motifs is 1. The summed E-state index contributed by atoms with van der Waals surface area (Å²) >= 11 is 1.76. The second-order valence-corrected chi connectivity index (χ2v) is 11.4. The predicted octanol–water partition coefficient (Wildman–Crippen LogP) is 8.19. The highest BCUT2D eigenvalue weighted by molar-refractivity contribution is 8.07. The van der Waals surface area contributed by atoms with Crippen LogP contribution in [0.5, 0.6) is 0 Å². The maximum atomic E-state index is 9.58. The van der Waals surface area contributed by atoms with Gasteiger partial charge in [0.25, 0.3) is 0 Å². The molecule has 1 N–H and O–H groups in total. The number of nitrogens with one attached hydrogen (secondary N) is 1. The van der Waals surface area contributed by atoms with E-state index in [2.05, 4.69) is 85.8 Å². The highest BCUT2D eigenvalue weighted by atomic mass is 32.2. The quantitative estimate of drug-likeness (QED) is 0.242. The summed E-state index contributed by atoms with van der Waals surface area (Å²) < 4.78 is 0. The van der Waals surface area contributed by atoms with Gasteiger partial charge in [0, 0.05) is 29.4 Å². The molecule has 1 aliphatic carbocycles. The van der Waals surface area contributed by atoms with E-state index in [-0.39, 0.29) is 0 Å². The van der Waals surface area contributed by atoms with Crippen LogP contribution in [0.1, 0.15) is 86.4 Å². The third kappa shape index (κ3) is 10.1. The average molecular weight is 545 g/mol. The van der Waals surface area contributed by atoms with Crippen LogP contribution >= 0.6 is 11.8 Å². The standard InChI is InChI=1S/C27H31N3S.C5H11N.C2H6/c1-5-13-30-26-12-11-23-24(26)7-6-8-25(23)27(17-29-4)31-18-20-9-10-21(14-19(2)3)22(15-20)16-28;1-6-4-2-3-5-6;1-2/h5-10,15,17,19,26,30H,1,4,11-14,18H2,2-3H3;2-5H2,1H3;1-2H3/b27-17-;;. The third-order valence-corrected chi connectivity index (χ3v) is 8.01. The van der Waals surface area contributed by atoms with E-state index in [1.807, 2.05) is 32.2 Å². The van der Waals surface area contributed by atoms with Gasteiger partial charge in [0.2, 0.25) is 0 Å². The van der Waals surface area contributed by atoms with Crippen LogP contribution in [-0.4, -0.2) is 38.3 Å². The molecule has 2 aromatic rings. The maximum Gasteiger partial charge on any atom is 0.0994 e. The number of thioether (sulfide) groups is 1. The Morgan fingerprint density at radius 1 is 1.23 bits per heavy atom. The molecule has 0 spiro atoms. The molecule has 4 rings (SSSR count). The lowest BCUT2D eigenvalue weighted by Crippen LogP contribution is -2.18. The zero-order chi connectivity index (χ0) is 28.6. The summed E-state index contributed by atoms with van der Waals surface area (Å²) in [5, 5.41) is 13.1. The SMILES string of the molecule is C=CCNC1CCc2c(/C(=C/N=C)SCc3ccc(CC(C)C)c(C#N)c3)cccc21.CC.CN1CCCC1. The van der Waals surface area contributed by atoms with Gasteiger partial charge in [-0.25, -0.2) is 0 Å². The van der Waals surface area contributed by atoms with Crippen molar-refractivity contribution in [1.82, 2.24) is 10.2 Å². The Hall–Kier alpha value is -2.65. The van der Waals surface area contributed by atoms with Crippen molar-refractivity contribution < 1.29 is 0 Å². The molecule has 1 unspecified atom stereocenters. The van der Waals surface area contributed by atoms with Crippen molar-refractivity contribution in [3.05, 3.63) is 88.6 Å². The van der Waals surface area contributed by atoms with E-state index >= 15 is 0 Å². The Bertz CT molecular complexity index is 1120. The van der Waals surface area contributed by atoms with Crippen molar-refractivity contribution in [2.24, 2.45) is 10.9 Å². The second-order valence-electron chi connectivity index (χ2n) is 10.3. The van der Waals surface area contributed by atoms with Crippen molar-refractivity contribution in [1.29, 1.82) is 5.26 Å². The Morgan fingerprint density at radius 3 is 2.56 bits per heavy atom. The average Bonchev–Trinajstić information content (AvgIpc) is 3.60. The molecule has 1 atom stereocenters. The van der Waals surface area contributed by atoms with Gasteiger partial charge >= 0.3 is 0 Å². The number of nitrogens with zero attached hydrogens (tertiary/aromatic N) is 3. The summed E-state index contributed by atoms with van der Waals surface area (Å²) in [4.78, 5) is 7.57. The molecular weight excluding hydrogens is 496 g/mol. The number of rotatable bonds is 10. The topological polar surface area (TPSA) is 51.4 Å². The van der Waals surface area contributed by atoms with Gasteiger partial charge < -0.3 is 10.2 Å². The van der Waals surface area contributed by atoms with Crippen LogP contribution in [-0.2, 0) is 18.6 Å². The predicted molar refractivity (Wildman–Crippen MR) is 172 cm³/mol. The normalized spacial score (nSPS) is 16.4. The van der Waals surface area contributed by atoms with Crippen molar-refractivity contribution in [2.45, 2.75) is 71.6 Å². The lowest BCUT2D eigenvalue weighted by Gasteiger charge is -2.15. The van der Waals surface area contributed by atoms with Crippen LogP contribution in [0.2, 0.25) is 0 Å². The highest BCUT2D eigenvalue weighted by Gasteiger charge is 2.25. The Balaban J connectivity index is 0.000000578. The van der Waals surface area contributed by atoms with E-state index in [1.54, 1.807) is 11.8 Å². The fourth-order valence-corrected chi connectivity index (χ4v) is 6.06. The molecule has 1 heterocycles. The minimum atomic E-state index is 0.377. The summed E-state index contributed by atoms with van der Waals surface area (Å²) in [5.41, 5.74) is 7.10. The smallest absolute Gasteiger partial charge is 0.0994 e. The number of hydrogen-bond acceptors (Lipinski definition) is 5. The molecule has 2 aliphatic rings. The van der Waals surface area contributed by atoms with Crippen LogP contribution < -0.4 is 5.32 Å². The van der Waals surface area contributed by atoms with Crippen molar-refractivity contribution in [2.75, 3.05) is 26.7 Å². The highest BCUT2D eigenvalue weighted by Crippen LogP contribution is 2.40. The summed E-state index contributed by atoms with van der Waals surface area (Å²) in [7, 11) is 2.17. The zero-order valence-electron chi connectivity index (χ0n) is 24.8. The van der Waals surface area contributed by atoms with Crippen LogP contribution in [0.4, 0.5) is 0 Å². The Morgan fingerprint density at radius 2 is 1.97 bits per heavy atom. The first-order valence-electron chi connectivity index (χ1n) is 14.4. The van der Waals surface area contributed by atoms with Gasteiger partial charge in [-0.3, -0.25) is 4.99 Å². The molecule has 0 saturated carbocycles. The summed E-state index contributed by atoms with van der Waals surface area (Å²) in [6.07, 6.45) is 9.68. The molecule has 0 amide bonds. The van der Waals surface area contributed by atoms with Gasteiger partial charge in [-0.1, -0.05) is 64.1 Å². The molecule has 1 aliphatic heterocycles. The molecule has 39 heavy (non-hydrogen) atoms. The summed E-state index contributed by atoms with van der Waals surface area (Å²) in [6, 6.07) is 15.6. The molecule has 1 saturated heterocycles. The first kappa shape index (κ1) is 32.6. The van der Waals surface area contributed by atoms with Crippen molar-refractivity contribution in [3.63, 3.8) is 0 Å². The van der Waals surface area contributed by atoms with Gasteiger partial charge in [-0.2, -0.15) is 5.26 Å². The van der Waals surface area contributed by atoms with E-state index in [4.69, 9.17) is 0 Å². The number of aliphatic imine (C=N–C) groups is 1. The molecule has 0 bridgehead atoms. The second kappa shape index (κ2) is 17.8. The molecule has 0 radical (unpaired) electrons. The van der Waals surface area contributed by atoms with Crippen LogP contribution in [0.15, 0.2) is 60.2 Å².